The highest BCUT2D eigenvalue weighted by atomic mass is 32.2. The molecule has 2 aromatic carbocycles. The molecule has 8 heteroatoms. The Hall–Kier alpha value is -2.42. The molecule has 0 aromatic heterocycles. The number of anilines is 1. The van der Waals surface area contributed by atoms with Crippen molar-refractivity contribution < 1.29 is 17.9 Å². The molecular weight excluding hydrogens is 438 g/mol. The molecule has 1 N–H and O–H groups in total. The van der Waals surface area contributed by atoms with Crippen LogP contribution in [0, 0.1) is 11.8 Å². The molecule has 178 valence electrons. The van der Waals surface area contributed by atoms with Gasteiger partial charge >= 0.3 is 0 Å². The fourth-order valence-corrected chi connectivity index (χ4v) is 6.41. The predicted molar refractivity (Wildman–Crippen MR) is 129 cm³/mol. The SMILES string of the molecule is CC1CC(C)CN(S(=O)(=O)c2cccc(C(=O)NCc3ccc(N4CCOCC4)cc3)c2)C1. The van der Waals surface area contributed by atoms with Crippen molar-refractivity contribution in [3.63, 3.8) is 0 Å². The van der Waals surface area contributed by atoms with E-state index < -0.39 is 10.0 Å². The van der Waals surface area contributed by atoms with Gasteiger partial charge in [0.05, 0.1) is 18.1 Å². The molecule has 1 amide bonds. The molecule has 0 spiro atoms. The number of carbonyl (C=O) groups excluding carboxylic acids is 1. The van der Waals surface area contributed by atoms with E-state index in [1.54, 1.807) is 22.5 Å². The van der Waals surface area contributed by atoms with Crippen LogP contribution in [-0.4, -0.2) is 58.0 Å². The van der Waals surface area contributed by atoms with E-state index in [9.17, 15) is 13.2 Å². The molecule has 2 saturated heterocycles. The van der Waals surface area contributed by atoms with Crippen LogP contribution in [0.4, 0.5) is 5.69 Å². The zero-order chi connectivity index (χ0) is 23.4. The number of ether oxygens (including phenoxy) is 1. The first kappa shape index (κ1) is 23.7. The molecule has 2 fully saturated rings. The van der Waals surface area contributed by atoms with Crippen molar-refractivity contribution in [1.29, 1.82) is 0 Å². The van der Waals surface area contributed by atoms with E-state index in [2.05, 4.69) is 36.2 Å². The van der Waals surface area contributed by atoms with Crippen molar-refractivity contribution in [3.05, 3.63) is 59.7 Å². The van der Waals surface area contributed by atoms with E-state index >= 15 is 0 Å². The largest absolute Gasteiger partial charge is 0.378 e. The van der Waals surface area contributed by atoms with Crippen molar-refractivity contribution in [3.8, 4) is 0 Å². The molecule has 2 unspecified atom stereocenters. The lowest BCUT2D eigenvalue weighted by molar-refractivity contribution is 0.0950. The van der Waals surface area contributed by atoms with E-state index in [-0.39, 0.29) is 10.8 Å². The molecule has 2 heterocycles. The van der Waals surface area contributed by atoms with Crippen molar-refractivity contribution in [1.82, 2.24) is 9.62 Å². The van der Waals surface area contributed by atoms with Crippen molar-refractivity contribution in [2.24, 2.45) is 11.8 Å². The van der Waals surface area contributed by atoms with Crippen LogP contribution < -0.4 is 10.2 Å². The summed E-state index contributed by atoms with van der Waals surface area (Å²) in [6.07, 6.45) is 1.03. The lowest BCUT2D eigenvalue weighted by Gasteiger charge is -2.34. The van der Waals surface area contributed by atoms with Crippen LogP contribution in [0.3, 0.4) is 0 Å². The van der Waals surface area contributed by atoms with E-state index in [1.807, 2.05) is 12.1 Å². The highest BCUT2D eigenvalue weighted by molar-refractivity contribution is 7.89. The fraction of sp³-hybridized carbons (Fsp3) is 0.480. The highest BCUT2D eigenvalue weighted by Gasteiger charge is 2.32. The van der Waals surface area contributed by atoms with Gasteiger partial charge in [-0.2, -0.15) is 4.31 Å². The number of benzene rings is 2. The summed E-state index contributed by atoms with van der Waals surface area (Å²) in [5, 5.41) is 2.91. The van der Waals surface area contributed by atoms with Gasteiger partial charge in [-0.15, -0.1) is 0 Å². The maximum Gasteiger partial charge on any atom is 0.251 e. The Labute approximate surface area is 196 Å². The third-order valence-corrected chi connectivity index (χ3v) is 8.16. The van der Waals surface area contributed by atoms with Crippen LogP contribution in [0.15, 0.2) is 53.4 Å². The van der Waals surface area contributed by atoms with Crippen molar-refractivity contribution >= 4 is 21.6 Å². The van der Waals surface area contributed by atoms with Gasteiger partial charge < -0.3 is 15.0 Å². The number of nitrogens with one attached hydrogen (secondary N) is 1. The molecule has 0 aliphatic carbocycles. The predicted octanol–water partition coefficient (Wildman–Crippen LogP) is 3.12. The highest BCUT2D eigenvalue weighted by Crippen LogP contribution is 2.27. The summed E-state index contributed by atoms with van der Waals surface area (Å²) < 4.78 is 33.3. The summed E-state index contributed by atoms with van der Waals surface area (Å²) in [5.74, 6) is 0.360. The van der Waals surface area contributed by atoms with Crippen LogP contribution >= 0.6 is 0 Å². The molecule has 2 atom stereocenters. The molecule has 33 heavy (non-hydrogen) atoms. The average Bonchev–Trinajstić information content (AvgIpc) is 2.83. The van der Waals surface area contributed by atoms with Gasteiger partial charge in [0.15, 0.2) is 0 Å². The minimum atomic E-state index is -3.63. The van der Waals surface area contributed by atoms with Gasteiger partial charge in [-0.25, -0.2) is 8.42 Å². The second-order valence-electron chi connectivity index (χ2n) is 9.24. The molecular formula is C25H33N3O4S. The average molecular weight is 472 g/mol. The molecule has 0 radical (unpaired) electrons. The Morgan fingerprint density at radius 2 is 1.70 bits per heavy atom. The zero-order valence-electron chi connectivity index (χ0n) is 19.4. The summed E-state index contributed by atoms with van der Waals surface area (Å²) in [6.45, 7) is 8.80. The van der Waals surface area contributed by atoms with Gasteiger partial charge in [-0.1, -0.05) is 32.0 Å². The monoisotopic (exact) mass is 471 g/mol. The van der Waals surface area contributed by atoms with Gasteiger partial charge in [-0.05, 0) is 54.2 Å². The molecule has 7 nitrogen and oxygen atoms in total. The number of amides is 1. The number of rotatable bonds is 6. The lowest BCUT2D eigenvalue weighted by Crippen LogP contribution is -2.42. The molecule has 2 aliphatic rings. The number of nitrogens with zero attached hydrogens (tertiary/aromatic N) is 2. The topological polar surface area (TPSA) is 79.0 Å². The Morgan fingerprint density at radius 3 is 2.36 bits per heavy atom. The van der Waals surface area contributed by atoms with E-state index in [0.29, 0.717) is 37.0 Å². The summed E-state index contributed by atoms with van der Waals surface area (Å²) in [7, 11) is -3.63. The number of morpholine rings is 1. The minimum Gasteiger partial charge on any atom is -0.378 e. The van der Waals surface area contributed by atoms with E-state index in [0.717, 1.165) is 44.0 Å². The fourth-order valence-electron chi connectivity index (χ4n) is 4.68. The third kappa shape index (κ3) is 5.75. The minimum absolute atomic E-state index is 0.173. The van der Waals surface area contributed by atoms with Gasteiger partial charge in [0.25, 0.3) is 5.91 Å². The van der Waals surface area contributed by atoms with Crippen LogP contribution in [-0.2, 0) is 21.3 Å². The molecule has 0 saturated carbocycles. The number of hydrogen-bond donors (Lipinski definition) is 1. The second-order valence-corrected chi connectivity index (χ2v) is 11.2. The summed E-state index contributed by atoms with van der Waals surface area (Å²) in [5.41, 5.74) is 2.48. The maximum absolute atomic E-state index is 13.2. The Bertz CT molecular complexity index is 1060. The van der Waals surface area contributed by atoms with Crippen LogP contribution in [0.25, 0.3) is 0 Å². The van der Waals surface area contributed by atoms with Crippen molar-refractivity contribution in [2.45, 2.75) is 31.7 Å². The van der Waals surface area contributed by atoms with Crippen LogP contribution in [0.2, 0.25) is 0 Å². The maximum atomic E-state index is 13.2. The van der Waals surface area contributed by atoms with Gasteiger partial charge in [0, 0.05) is 44.0 Å². The molecule has 2 aromatic rings. The first-order valence-electron chi connectivity index (χ1n) is 11.6. The van der Waals surface area contributed by atoms with Crippen LogP contribution in [0.1, 0.15) is 36.2 Å². The van der Waals surface area contributed by atoms with E-state index in [1.165, 1.54) is 6.07 Å². The van der Waals surface area contributed by atoms with Crippen molar-refractivity contribution in [2.75, 3.05) is 44.3 Å². The zero-order valence-corrected chi connectivity index (χ0v) is 20.2. The van der Waals surface area contributed by atoms with Crippen LogP contribution in [0.5, 0.6) is 0 Å². The van der Waals surface area contributed by atoms with Gasteiger partial charge in [0.2, 0.25) is 10.0 Å². The first-order chi connectivity index (χ1) is 15.8. The molecule has 0 bridgehead atoms. The summed E-state index contributed by atoms with van der Waals surface area (Å²) in [4.78, 5) is 15.2. The van der Waals surface area contributed by atoms with Gasteiger partial charge in [-0.3, -0.25) is 4.79 Å². The number of carbonyl (C=O) groups is 1. The molecule has 2 aliphatic heterocycles. The lowest BCUT2D eigenvalue weighted by atomic mass is 9.94. The Kier molecular flexibility index (Phi) is 7.36. The second kappa shape index (κ2) is 10.2. The summed E-state index contributed by atoms with van der Waals surface area (Å²) >= 11 is 0. The normalized spacial score (nSPS) is 22.2. The third-order valence-electron chi connectivity index (χ3n) is 6.33. The number of sulfonamides is 1. The Balaban J connectivity index is 1.39. The van der Waals surface area contributed by atoms with Gasteiger partial charge in [0.1, 0.15) is 0 Å². The molecule has 4 rings (SSSR count). The smallest absolute Gasteiger partial charge is 0.251 e. The summed E-state index contributed by atoms with van der Waals surface area (Å²) in [6, 6.07) is 14.5. The van der Waals surface area contributed by atoms with E-state index in [4.69, 9.17) is 4.74 Å². The first-order valence-corrected chi connectivity index (χ1v) is 13.1. The number of piperidine rings is 1. The standard InChI is InChI=1S/C25H33N3O4S/c1-19-14-20(2)18-28(17-19)33(30,31)24-5-3-4-22(15-24)25(29)26-16-21-6-8-23(9-7-21)27-10-12-32-13-11-27/h3-9,15,19-20H,10-14,16-18H2,1-2H3,(H,26,29). The quantitative estimate of drug-likeness (QED) is 0.700. The number of hydrogen-bond acceptors (Lipinski definition) is 5. The Morgan fingerprint density at radius 1 is 1.03 bits per heavy atom.